The average molecular weight is 791 g/mol. The van der Waals surface area contributed by atoms with Crippen LogP contribution >= 0.6 is 11.6 Å². The molecular weight excluding hydrogens is 740 g/mol. The van der Waals surface area contributed by atoms with Gasteiger partial charge in [0.15, 0.2) is 0 Å². The first-order valence-corrected chi connectivity index (χ1v) is 20.8. The summed E-state index contributed by atoms with van der Waals surface area (Å²) >= 11 is 6.38. The molecule has 2 atom stereocenters. The van der Waals surface area contributed by atoms with Gasteiger partial charge in [-0.05, 0) is 117 Å². The maximum Gasteiger partial charge on any atom is 0.253 e. The van der Waals surface area contributed by atoms with Gasteiger partial charge in [-0.15, -0.1) is 0 Å². The van der Waals surface area contributed by atoms with Crippen LogP contribution in [-0.2, 0) is 14.4 Å². The summed E-state index contributed by atoms with van der Waals surface area (Å²) in [5, 5.41) is 15.4. The number of likely N-dealkylation sites (tertiary alicyclic amines) is 1. The second kappa shape index (κ2) is 16.4. The van der Waals surface area contributed by atoms with Crippen LogP contribution in [0.4, 0.5) is 22.7 Å². The molecule has 5 heterocycles. The highest BCUT2D eigenvalue weighted by Gasteiger charge is 2.44. The summed E-state index contributed by atoms with van der Waals surface area (Å²) in [6.07, 6.45) is 5.92. The quantitative estimate of drug-likeness (QED) is 0.284. The molecule has 0 unspecified atom stereocenters. The van der Waals surface area contributed by atoms with Gasteiger partial charge >= 0.3 is 0 Å². The van der Waals surface area contributed by atoms with E-state index in [4.69, 9.17) is 11.6 Å². The molecule has 0 saturated carbocycles. The van der Waals surface area contributed by atoms with E-state index in [0.29, 0.717) is 61.6 Å². The number of nitrogens with one attached hydrogen (secondary N) is 2. The number of rotatable bonds is 8. The maximum absolute atomic E-state index is 13.6. The van der Waals surface area contributed by atoms with Gasteiger partial charge in [0.2, 0.25) is 17.7 Å². The Morgan fingerprint density at radius 1 is 0.912 bits per heavy atom. The molecule has 2 N–H and O–H groups in total. The van der Waals surface area contributed by atoms with Crippen molar-refractivity contribution in [3.63, 3.8) is 0 Å². The number of nitrogens with zero attached hydrogens (tertiary/aromatic N) is 6. The van der Waals surface area contributed by atoms with E-state index < -0.39 is 6.04 Å². The minimum Gasteiger partial charge on any atom is -0.374 e. The summed E-state index contributed by atoms with van der Waals surface area (Å²) in [6.45, 7) is 9.20. The summed E-state index contributed by atoms with van der Waals surface area (Å²) in [6, 6.07) is 23.6. The summed E-state index contributed by atoms with van der Waals surface area (Å²) in [5.41, 5.74) is 5.28. The zero-order valence-corrected chi connectivity index (χ0v) is 33.3. The molecule has 0 bridgehead atoms. The lowest BCUT2D eigenvalue weighted by molar-refractivity contribution is -0.133. The summed E-state index contributed by atoms with van der Waals surface area (Å²) in [5.74, 6) is -0.0199. The first-order valence-electron chi connectivity index (χ1n) is 20.4. The lowest BCUT2D eigenvalue weighted by atomic mass is 9.76. The minimum absolute atomic E-state index is 0.0461. The Balaban J connectivity index is 0.775. The van der Waals surface area contributed by atoms with Gasteiger partial charge in [-0.2, -0.15) is 5.26 Å². The van der Waals surface area contributed by atoms with Crippen molar-refractivity contribution >= 4 is 58.0 Å². The van der Waals surface area contributed by atoms with Crippen molar-refractivity contribution in [2.45, 2.75) is 64.0 Å². The van der Waals surface area contributed by atoms with E-state index in [1.807, 2.05) is 59.5 Å². The van der Waals surface area contributed by atoms with Crippen molar-refractivity contribution in [2.24, 2.45) is 11.3 Å². The van der Waals surface area contributed by atoms with Crippen LogP contribution in [0, 0.1) is 22.7 Å². The smallest absolute Gasteiger partial charge is 0.253 e. The zero-order valence-electron chi connectivity index (χ0n) is 32.6. The Morgan fingerprint density at radius 3 is 2.37 bits per heavy atom. The van der Waals surface area contributed by atoms with Gasteiger partial charge in [0, 0.05) is 93.1 Å². The molecule has 4 amide bonds. The lowest BCUT2D eigenvalue weighted by Crippen LogP contribution is -2.52. The first kappa shape index (κ1) is 38.7. The van der Waals surface area contributed by atoms with E-state index in [-0.39, 0.29) is 29.0 Å². The number of hydrogen-bond acceptors (Lipinski definition) is 9. The fraction of sp³-hybridized carbons (Fsp3) is 0.477. The Morgan fingerprint density at radius 2 is 1.67 bits per heavy atom. The van der Waals surface area contributed by atoms with Crippen LogP contribution in [0.1, 0.15) is 67.8 Å². The highest BCUT2D eigenvalue weighted by atomic mass is 35.5. The Labute approximate surface area is 339 Å². The number of anilines is 4. The molecule has 0 radical (unpaired) electrons. The molecule has 1 spiro atoms. The number of imide groups is 1. The van der Waals surface area contributed by atoms with E-state index >= 15 is 0 Å². The van der Waals surface area contributed by atoms with Gasteiger partial charge < -0.3 is 24.9 Å². The molecule has 57 heavy (non-hydrogen) atoms. The molecule has 3 aromatic carbocycles. The highest BCUT2D eigenvalue weighted by molar-refractivity contribution is 6.32. The second-order valence-corrected chi connectivity index (χ2v) is 17.1. The predicted molar refractivity (Wildman–Crippen MR) is 222 cm³/mol. The Bertz CT molecular complexity index is 2050. The Hall–Kier alpha value is -5.12. The van der Waals surface area contributed by atoms with Crippen molar-refractivity contribution in [3.05, 3.63) is 82.9 Å². The largest absolute Gasteiger partial charge is 0.374 e. The Kier molecular flexibility index (Phi) is 11.1. The molecule has 0 aromatic heterocycles. The molecule has 3 aromatic rings. The van der Waals surface area contributed by atoms with Crippen molar-refractivity contribution in [1.29, 1.82) is 5.26 Å². The lowest BCUT2D eigenvalue weighted by Gasteiger charge is -2.40. The fourth-order valence-electron chi connectivity index (χ4n) is 9.67. The number of carbonyl (C=O) groups is 4. The van der Waals surface area contributed by atoms with Crippen LogP contribution in [-0.4, -0.2) is 104 Å². The van der Waals surface area contributed by atoms with Crippen molar-refractivity contribution in [1.82, 2.24) is 15.1 Å². The number of piperidine rings is 3. The predicted octanol–water partition coefficient (Wildman–Crippen LogP) is 5.52. The molecule has 5 saturated heterocycles. The monoisotopic (exact) mass is 790 g/mol. The van der Waals surface area contributed by atoms with E-state index in [2.05, 4.69) is 50.5 Å². The minimum atomic E-state index is -0.481. The standard InChI is InChI=1S/C44H51ClN8O4/c1-30-25-44(29-53(30)37-10-7-33(26-46)38(45)24-37)15-19-50(20-16-44)35-8-5-32(6-9-35)43(57)51-17-13-31(14-18-51)27-49-21-22-52(41(55)28-49)36-4-2-3-34(23-36)47-39-11-12-40(54)48-42(39)56/h2-10,23-24,30-31,39,47H,11-22,25,27-29H2,1H3,(H,48,54,56)/t30-,39-/m1/s1. The summed E-state index contributed by atoms with van der Waals surface area (Å²) in [7, 11) is 0. The van der Waals surface area contributed by atoms with Gasteiger partial charge in [0.25, 0.3) is 5.91 Å². The van der Waals surface area contributed by atoms with Gasteiger partial charge in [-0.3, -0.25) is 29.4 Å². The maximum atomic E-state index is 13.6. The molecule has 5 aliphatic heterocycles. The molecule has 5 aliphatic rings. The van der Waals surface area contributed by atoms with Gasteiger partial charge in [0.05, 0.1) is 17.1 Å². The van der Waals surface area contributed by atoms with Gasteiger partial charge in [0.1, 0.15) is 12.1 Å². The van der Waals surface area contributed by atoms with Crippen molar-refractivity contribution < 1.29 is 19.2 Å². The highest BCUT2D eigenvalue weighted by Crippen LogP contribution is 2.46. The van der Waals surface area contributed by atoms with Crippen LogP contribution in [0.25, 0.3) is 0 Å². The third-order valence-electron chi connectivity index (χ3n) is 12.9. The topological polar surface area (TPSA) is 132 Å². The van der Waals surface area contributed by atoms with E-state index in [1.165, 1.54) is 0 Å². The second-order valence-electron chi connectivity index (χ2n) is 16.7. The number of nitriles is 1. The number of benzene rings is 3. The van der Waals surface area contributed by atoms with Crippen LogP contribution in [0.5, 0.6) is 0 Å². The van der Waals surface area contributed by atoms with E-state index in [0.717, 1.165) is 93.1 Å². The molecular formula is C44H51ClN8O4. The van der Waals surface area contributed by atoms with Crippen LogP contribution in [0.3, 0.4) is 0 Å². The third-order valence-corrected chi connectivity index (χ3v) is 13.2. The molecule has 8 rings (SSSR count). The van der Waals surface area contributed by atoms with Crippen LogP contribution in [0.2, 0.25) is 5.02 Å². The molecule has 13 heteroatoms. The third kappa shape index (κ3) is 8.46. The SMILES string of the molecule is C[C@@H]1CC2(CCN(c3ccc(C(=O)N4CCC(CN5CCN(c6cccc(N[C@@H]7CCC(=O)NC7=O)c6)C(=O)C5)CC4)cc3)CC2)CN1c1ccc(C#N)c(Cl)c1. The molecule has 298 valence electrons. The first-order chi connectivity index (χ1) is 27.6. The molecule has 5 fully saturated rings. The fourth-order valence-corrected chi connectivity index (χ4v) is 9.88. The number of carbonyl (C=O) groups excluding carboxylic acids is 4. The zero-order chi connectivity index (χ0) is 39.7. The van der Waals surface area contributed by atoms with Gasteiger partial charge in [-0.1, -0.05) is 17.7 Å². The summed E-state index contributed by atoms with van der Waals surface area (Å²) < 4.78 is 0. The normalized spacial score (nSPS) is 23.1. The average Bonchev–Trinajstić information content (AvgIpc) is 3.54. The number of hydrogen-bond donors (Lipinski definition) is 2. The van der Waals surface area contributed by atoms with E-state index in [1.54, 1.807) is 4.90 Å². The van der Waals surface area contributed by atoms with E-state index in [9.17, 15) is 24.4 Å². The molecule has 0 aliphatic carbocycles. The van der Waals surface area contributed by atoms with Crippen LogP contribution in [0.15, 0.2) is 66.7 Å². The van der Waals surface area contributed by atoms with Gasteiger partial charge in [-0.25, -0.2) is 0 Å². The summed E-state index contributed by atoms with van der Waals surface area (Å²) in [4.78, 5) is 61.5. The van der Waals surface area contributed by atoms with Crippen molar-refractivity contribution in [3.8, 4) is 6.07 Å². The number of amides is 4. The van der Waals surface area contributed by atoms with Crippen LogP contribution < -0.4 is 25.3 Å². The number of piperazine rings is 1. The number of halogens is 1. The van der Waals surface area contributed by atoms with Crippen molar-refractivity contribution in [2.75, 3.05) is 78.9 Å². The molecule has 12 nitrogen and oxygen atoms in total.